The molecule has 14 heavy (non-hydrogen) atoms. The molecule has 0 aliphatic heterocycles. The van der Waals surface area contributed by atoms with Crippen molar-refractivity contribution in [3.8, 4) is 0 Å². The predicted molar refractivity (Wildman–Crippen MR) is 58.0 cm³/mol. The summed E-state index contributed by atoms with van der Waals surface area (Å²) in [5.41, 5.74) is 6.31. The van der Waals surface area contributed by atoms with Gasteiger partial charge in [0.2, 0.25) is 0 Å². The Hall–Kier alpha value is -0.0800. The SMILES string of the molecule is NCC1(CNC(C2CC2)C2CC2)CC1. The fraction of sp³-hybridized carbons (Fsp3) is 1.00. The fourth-order valence-corrected chi connectivity index (χ4v) is 2.59. The van der Waals surface area contributed by atoms with Crippen molar-refractivity contribution >= 4 is 0 Å². The van der Waals surface area contributed by atoms with E-state index >= 15 is 0 Å². The number of nitrogens with two attached hydrogens (primary N) is 1. The number of rotatable bonds is 6. The third-order valence-corrected chi connectivity index (χ3v) is 4.36. The minimum absolute atomic E-state index is 0.516. The van der Waals surface area contributed by atoms with Gasteiger partial charge in [0.25, 0.3) is 0 Å². The van der Waals surface area contributed by atoms with E-state index in [-0.39, 0.29) is 0 Å². The Kier molecular flexibility index (Phi) is 2.10. The summed E-state index contributed by atoms with van der Waals surface area (Å²) in [7, 11) is 0. The highest BCUT2D eigenvalue weighted by Gasteiger charge is 2.45. The van der Waals surface area contributed by atoms with Crippen LogP contribution in [0.2, 0.25) is 0 Å². The molecule has 0 unspecified atom stereocenters. The molecule has 0 aromatic carbocycles. The van der Waals surface area contributed by atoms with E-state index in [4.69, 9.17) is 5.73 Å². The summed E-state index contributed by atoms with van der Waals surface area (Å²) in [5, 5.41) is 3.82. The zero-order valence-corrected chi connectivity index (χ0v) is 8.97. The smallest absolute Gasteiger partial charge is 0.0124 e. The summed E-state index contributed by atoms with van der Waals surface area (Å²) >= 11 is 0. The molecule has 0 spiro atoms. The van der Waals surface area contributed by atoms with Gasteiger partial charge in [0.15, 0.2) is 0 Å². The second-order valence-electron chi connectivity index (χ2n) is 5.79. The summed E-state index contributed by atoms with van der Waals surface area (Å²) in [5.74, 6) is 2.05. The lowest BCUT2D eigenvalue weighted by molar-refractivity contribution is 0.364. The van der Waals surface area contributed by atoms with Crippen LogP contribution in [0, 0.1) is 17.3 Å². The molecule has 3 aliphatic rings. The van der Waals surface area contributed by atoms with Gasteiger partial charge >= 0.3 is 0 Å². The first kappa shape index (κ1) is 9.17. The van der Waals surface area contributed by atoms with Gasteiger partial charge in [0.05, 0.1) is 0 Å². The van der Waals surface area contributed by atoms with Crippen LogP contribution < -0.4 is 11.1 Å². The van der Waals surface area contributed by atoms with Crippen LogP contribution in [0.25, 0.3) is 0 Å². The maximum atomic E-state index is 5.80. The Morgan fingerprint density at radius 3 is 2.07 bits per heavy atom. The van der Waals surface area contributed by atoms with Crippen molar-refractivity contribution in [2.45, 2.75) is 44.6 Å². The lowest BCUT2D eigenvalue weighted by Crippen LogP contribution is -2.39. The van der Waals surface area contributed by atoms with Gasteiger partial charge in [-0.25, -0.2) is 0 Å². The highest BCUT2D eigenvalue weighted by molar-refractivity contribution is 5.01. The second kappa shape index (κ2) is 3.21. The van der Waals surface area contributed by atoms with Gasteiger partial charge in [0.1, 0.15) is 0 Å². The third-order valence-electron chi connectivity index (χ3n) is 4.36. The van der Waals surface area contributed by atoms with E-state index in [2.05, 4.69) is 5.32 Å². The molecule has 3 N–H and O–H groups in total. The highest BCUT2D eigenvalue weighted by Crippen LogP contribution is 2.47. The number of hydrogen-bond acceptors (Lipinski definition) is 2. The van der Waals surface area contributed by atoms with E-state index in [1.807, 2.05) is 0 Å². The molecular formula is C12H22N2. The van der Waals surface area contributed by atoms with E-state index in [0.29, 0.717) is 5.41 Å². The Labute approximate surface area is 86.6 Å². The molecule has 3 fully saturated rings. The minimum Gasteiger partial charge on any atom is -0.330 e. The molecule has 0 amide bonds. The van der Waals surface area contributed by atoms with Crippen LogP contribution in [-0.2, 0) is 0 Å². The van der Waals surface area contributed by atoms with E-state index < -0.39 is 0 Å². The van der Waals surface area contributed by atoms with Crippen LogP contribution in [0.5, 0.6) is 0 Å². The first-order valence-electron chi connectivity index (χ1n) is 6.26. The van der Waals surface area contributed by atoms with Gasteiger partial charge in [-0.3, -0.25) is 0 Å². The molecule has 0 aromatic rings. The molecule has 0 heterocycles. The zero-order valence-electron chi connectivity index (χ0n) is 8.97. The van der Waals surface area contributed by atoms with E-state index in [0.717, 1.165) is 24.4 Å². The molecule has 2 nitrogen and oxygen atoms in total. The van der Waals surface area contributed by atoms with Gasteiger partial charge in [-0.15, -0.1) is 0 Å². The maximum Gasteiger partial charge on any atom is 0.0124 e. The lowest BCUT2D eigenvalue weighted by atomic mass is 10.0. The molecule has 80 valence electrons. The Bertz CT molecular complexity index is 202. The van der Waals surface area contributed by atoms with E-state index in [9.17, 15) is 0 Å². The Morgan fingerprint density at radius 1 is 1.14 bits per heavy atom. The molecule has 0 atom stereocenters. The largest absolute Gasteiger partial charge is 0.330 e. The van der Waals surface area contributed by atoms with Gasteiger partial charge < -0.3 is 11.1 Å². The first-order chi connectivity index (χ1) is 6.83. The van der Waals surface area contributed by atoms with Crippen molar-refractivity contribution in [3.63, 3.8) is 0 Å². The van der Waals surface area contributed by atoms with Crippen LogP contribution in [0.15, 0.2) is 0 Å². The average Bonchev–Trinajstić information content (AvgIpc) is 3.03. The minimum atomic E-state index is 0.516. The van der Waals surface area contributed by atoms with E-state index in [1.54, 1.807) is 0 Å². The normalized spacial score (nSPS) is 29.6. The molecule has 3 aliphatic carbocycles. The average molecular weight is 194 g/mol. The summed E-state index contributed by atoms with van der Waals surface area (Å²) < 4.78 is 0. The molecule has 3 rings (SSSR count). The molecule has 0 radical (unpaired) electrons. The third kappa shape index (κ3) is 1.82. The van der Waals surface area contributed by atoms with Crippen molar-refractivity contribution < 1.29 is 0 Å². The first-order valence-corrected chi connectivity index (χ1v) is 6.26. The zero-order chi connectivity index (χ0) is 9.60. The maximum absolute atomic E-state index is 5.80. The van der Waals surface area contributed by atoms with Gasteiger partial charge in [-0.05, 0) is 62.3 Å². The fourth-order valence-electron chi connectivity index (χ4n) is 2.59. The molecular weight excluding hydrogens is 172 g/mol. The summed E-state index contributed by atoms with van der Waals surface area (Å²) in [6.45, 7) is 2.09. The van der Waals surface area contributed by atoms with E-state index in [1.165, 1.54) is 45.1 Å². The number of nitrogens with one attached hydrogen (secondary N) is 1. The van der Waals surface area contributed by atoms with Crippen molar-refractivity contribution in [2.75, 3.05) is 13.1 Å². The summed E-state index contributed by atoms with van der Waals surface area (Å²) in [4.78, 5) is 0. The monoisotopic (exact) mass is 194 g/mol. The molecule has 0 aromatic heterocycles. The highest BCUT2D eigenvalue weighted by atomic mass is 15.0. The topological polar surface area (TPSA) is 38.0 Å². The molecule has 0 bridgehead atoms. The summed E-state index contributed by atoms with van der Waals surface area (Å²) in [6.07, 6.45) is 8.62. The lowest BCUT2D eigenvalue weighted by Gasteiger charge is -2.21. The van der Waals surface area contributed by atoms with Crippen LogP contribution in [0.4, 0.5) is 0 Å². The standard InChI is InChI=1S/C12H22N2/c13-7-12(5-6-12)8-14-11(9-1-2-9)10-3-4-10/h9-11,14H,1-8,13H2. The summed E-state index contributed by atoms with van der Waals surface area (Å²) in [6, 6.07) is 0.860. The van der Waals surface area contributed by atoms with Crippen LogP contribution in [0.3, 0.4) is 0 Å². The van der Waals surface area contributed by atoms with Crippen molar-refractivity contribution in [1.82, 2.24) is 5.32 Å². The van der Waals surface area contributed by atoms with Gasteiger partial charge in [-0.2, -0.15) is 0 Å². The van der Waals surface area contributed by atoms with Crippen molar-refractivity contribution in [3.05, 3.63) is 0 Å². The van der Waals surface area contributed by atoms with Crippen LogP contribution in [0.1, 0.15) is 38.5 Å². The molecule has 2 heteroatoms. The molecule has 3 saturated carbocycles. The predicted octanol–water partition coefficient (Wildman–Crippen LogP) is 1.50. The second-order valence-corrected chi connectivity index (χ2v) is 5.79. The van der Waals surface area contributed by atoms with Crippen LogP contribution in [-0.4, -0.2) is 19.1 Å². The number of hydrogen-bond donors (Lipinski definition) is 2. The van der Waals surface area contributed by atoms with Crippen molar-refractivity contribution in [1.29, 1.82) is 0 Å². The van der Waals surface area contributed by atoms with Gasteiger partial charge in [0, 0.05) is 12.6 Å². The van der Waals surface area contributed by atoms with Crippen molar-refractivity contribution in [2.24, 2.45) is 23.0 Å². The Balaban J connectivity index is 1.49. The Morgan fingerprint density at radius 2 is 1.71 bits per heavy atom. The molecule has 0 saturated heterocycles. The van der Waals surface area contributed by atoms with Gasteiger partial charge in [-0.1, -0.05) is 0 Å². The van der Waals surface area contributed by atoms with Crippen LogP contribution >= 0.6 is 0 Å². The quantitative estimate of drug-likeness (QED) is 0.672.